The predicted molar refractivity (Wildman–Crippen MR) is 175 cm³/mol. The fourth-order valence-electron chi connectivity index (χ4n) is 5.96. The smallest absolute Gasteiger partial charge is 0.331 e. The maximum atomic E-state index is 14.4. The number of nitrogens with zero attached hydrogens (tertiary/aromatic N) is 4. The Kier molecular flexibility index (Phi) is 10.1. The molecule has 1 atom stereocenters. The van der Waals surface area contributed by atoms with Crippen molar-refractivity contribution < 1.29 is 27.1 Å². The van der Waals surface area contributed by atoms with Gasteiger partial charge in [-0.2, -0.15) is 0 Å². The van der Waals surface area contributed by atoms with E-state index in [0.29, 0.717) is 44.6 Å². The van der Waals surface area contributed by atoms with Crippen LogP contribution in [-0.4, -0.2) is 84.9 Å². The molecule has 1 saturated heterocycles. The normalized spacial score (nSPS) is 16.3. The molecule has 2 aliphatic heterocycles. The number of sulfonamides is 1. The molecule has 3 aromatic rings. The summed E-state index contributed by atoms with van der Waals surface area (Å²) in [5.41, 5.74) is -0.0524. The first kappa shape index (κ1) is 34.1. The number of hydrogen-bond acceptors (Lipinski definition) is 7. The molecule has 1 fully saturated rings. The van der Waals surface area contributed by atoms with Crippen molar-refractivity contribution in [1.82, 2.24) is 23.7 Å². The van der Waals surface area contributed by atoms with Gasteiger partial charge < -0.3 is 19.9 Å². The van der Waals surface area contributed by atoms with Crippen LogP contribution in [0.5, 0.6) is 5.75 Å². The van der Waals surface area contributed by atoms with E-state index in [4.69, 9.17) is 16.3 Å². The van der Waals surface area contributed by atoms with Gasteiger partial charge in [0.2, 0.25) is 15.9 Å². The standard InChI is InChI=1S/C31H36ClFN6O7S/c1-19(16-34-47(3,44)45)39-29(41)24(23-5-4-6-25(33)28(23)32)17-37(31(39)43)18-27(40)36-12-10-21(11-13-36)38-14-9-20-15-22(46-2)7-8-26(20)35-30(38)42/h4-8,15,17,19,21,34H,9-14,16,18H2,1-3H3,(H,35,42). The largest absolute Gasteiger partial charge is 0.497 e. The van der Waals surface area contributed by atoms with Gasteiger partial charge in [0.1, 0.15) is 18.1 Å². The third kappa shape index (κ3) is 7.52. The van der Waals surface area contributed by atoms with Gasteiger partial charge in [-0.25, -0.2) is 27.1 Å². The van der Waals surface area contributed by atoms with E-state index in [2.05, 4.69) is 10.0 Å². The van der Waals surface area contributed by atoms with Gasteiger partial charge in [-0.05, 0) is 56.0 Å². The molecule has 0 bridgehead atoms. The summed E-state index contributed by atoms with van der Waals surface area (Å²) in [7, 11) is -2.06. The highest BCUT2D eigenvalue weighted by Crippen LogP contribution is 2.29. The van der Waals surface area contributed by atoms with E-state index in [1.807, 2.05) is 12.1 Å². The third-order valence-electron chi connectivity index (χ3n) is 8.51. The molecule has 3 heterocycles. The number of amides is 3. The average molecular weight is 691 g/mol. The molecule has 13 nitrogen and oxygen atoms in total. The Bertz CT molecular complexity index is 1920. The number of halogens is 2. The number of fused-ring (bicyclic) bond motifs is 1. The molecule has 47 heavy (non-hydrogen) atoms. The Morgan fingerprint density at radius 1 is 1.13 bits per heavy atom. The zero-order valence-corrected chi connectivity index (χ0v) is 27.7. The van der Waals surface area contributed by atoms with Gasteiger partial charge in [-0.3, -0.25) is 18.7 Å². The van der Waals surface area contributed by atoms with Gasteiger partial charge in [0.25, 0.3) is 5.56 Å². The number of urea groups is 1. The number of piperidine rings is 1. The lowest BCUT2D eigenvalue weighted by molar-refractivity contribution is -0.133. The second-order valence-electron chi connectivity index (χ2n) is 11.7. The van der Waals surface area contributed by atoms with Crippen LogP contribution in [0.2, 0.25) is 5.02 Å². The average Bonchev–Trinajstić information content (AvgIpc) is 3.20. The van der Waals surface area contributed by atoms with Crippen LogP contribution in [0.1, 0.15) is 31.4 Å². The van der Waals surface area contributed by atoms with Crippen molar-refractivity contribution in [3.63, 3.8) is 0 Å². The molecule has 0 saturated carbocycles. The van der Waals surface area contributed by atoms with Crippen LogP contribution >= 0.6 is 11.6 Å². The van der Waals surface area contributed by atoms with Crippen molar-refractivity contribution >= 4 is 39.2 Å². The van der Waals surface area contributed by atoms with Crippen LogP contribution in [-0.2, 0) is 27.8 Å². The van der Waals surface area contributed by atoms with Crippen molar-refractivity contribution in [2.45, 2.75) is 44.8 Å². The number of nitrogens with one attached hydrogen (secondary N) is 2. The quantitative estimate of drug-likeness (QED) is 0.350. The second kappa shape index (κ2) is 13.9. The Morgan fingerprint density at radius 2 is 1.85 bits per heavy atom. The van der Waals surface area contributed by atoms with Crippen molar-refractivity contribution in [3.05, 3.63) is 79.8 Å². The molecule has 0 spiro atoms. The van der Waals surface area contributed by atoms with Crippen LogP contribution < -0.4 is 26.0 Å². The van der Waals surface area contributed by atoms with Gasteiger partial charge in [0.05, 0.1) is 30.0 Å². The molecule has 252 valence electrons. The predicted octanol–water partition coefficient (Wildman–Crippen LogP) is 2.67. The highest BCUT2D eigenvalue weighted by molar-refractivity contribution is 7.88. The van der Waals surface area contributed by atoms with E-state index in [9.17, 15) is 32.0 Å². The third-order valence-corrected chi connectivity index (χ3v) is 9.59. The molecule has 1 unspecified atom stereocenters. The lowest BCUT2D eigenvalue weighted by Crippen LogP contribution is -2.51. The summed E-state index contributed by atoms with van der Waals surface area (Å²) in [6, 6.07) is 8.14. The van der Waals surface area contributed by atoms with Crippen LogP contribution in [0, 0.1) is 5.82 Å². The van der Waals surface area contributed by atoms with Crippen LogP contribution in [0.3, 0.4) is 0 Å². The molecule has 3 amide bonds. The van der Waals surface area contributed by atoms with E-state index in [0.717, 1.165) is 32.7 Å². The number of hydrogen-bond donors (Lipinski definition) is 2. The van der Waals surface area contributed by atoms with Gasteiger partial charge in [-0.1, -0.05) is 23.7 Å². The molecular formula is C31H36ClFN6O7S. The lowest BCUT2D eigenvalue weighted by atomic mass is 10.0. The first-order valence-corrected chi connectivity index (χ1v) is 17.3. The molecule has 2 aromatic carbocycles. The number of likely N-dealkylation sites (tertiary alicyclic amines) is 1. The Morgan fingerprint density at radius 3 is 2.53 bits per heavy atom. The summed E-state index contributed by atoms with van der Waals surface area (Å²) in [5.74, 6) is -0.465. The highest BCUT2D eigenvalue weighted by Gasteiger charge is 2.32. The summed E-state index contributed by atoms with van der Waals surface area (Å²) >= 11 is 6.20. The van der Waals surface area contributed by atoms with Crippen molar-refractivity contribution in [2.75, 3.05) is 44.9 Å². The van der Waals surface area contributed by atoms with Crippen molar-refractivity contribution in [1.29, 1.82) is 0 Å². The first-order valence-electron chi connectivity index (χ1n) is 15.0. The lowest BCUT2D eigenvalue weighted by Gasteiger charge is -2.38. The summed E-state index contributed by atoms with van der Waals surface area (Å²) < 4.78 is 47.3. The number of rotatable bonds is 9. The molecule has 2 aliphatic rings. The van der Waals surface area contributed by atoms with Crippen LogP contribution in [0.25, 0.3) is 11.1 Å². The van der Waals surface area contributed by atoms with E-state index in [1.165, 1.54) is 25.3 Å². The summed E-state index contributed by atoms with van der Waals surface area (Å²) in [5, 5.41) is 2.63. The molecule has 0 aliphatic carbocycles. The minimum atomic E-state index is -3.65. The van der Waals surface area contributed by atoms with Crippen LogP contribution in [0.4, 0.5) is 14.9 Å². The molecule has 5 rings (SSSR count). The maximum Gasteiger partial charge on any atom is 0.331 e. The summed E-state index contributed by atoms with van der Waals surface area (Å²) in [6.45, 7) is 1.93. The van der Waals surface area contributed by atoms with E-state index >= 15 is 0 Å². The zero-order chi connectivity index (χ0) is 34.0. The van der Waals surface area contributed by atoms with Gasteiger partial charge in [0, 0.05) is 49.7 Å². The number of carbonyl (C=O) groups is 2. The Labute approximate surface area is 275 Å². The zero-order valence-electron chi connectivity index (χ0n) is 26.2. The van der Waals surface area contributed by atoms with Gasteiger partial charge in [0.15, 0.2) is 0 Å². The fourth-order valence-corrected chi connectivity index (χ4v) is 6.73. The number of carbonyl (C=O) groups excluding carboxylic acids is 2. The monoisotopic (exact) mass is 690 g/mol. The fraction of sp³-hybridized carbons (Fsp3) is 0.419. The first-order chi connectivity index (χ1) is 22.3. The number of ether oxygens (including phenoxy) is 1. The minimum absolute atomic E-state index is 0.0204. The van der Waals surface area contributed by atoms with Gasteiger partial charge in [-0.15, -0.1) is 0 Å². The van der Waals surface area contributed by atoms with E-state index in [-0.39, 0.29) is 34.8 Å². The Balaban J connectivity index is 1.34. The molecule has 1 aromatic heterocycles. The highest BCUT2D eigenvalue weighted by atomic mass is 35.5. The maximum absolute atomic E-state index is 14.4. The number of anilines is 1. The molecule has 2 N–H and O–H groups in total. The Hall–Kier alpha value is -4.21. The van der Waals surface area contributed by atoms with Gasteiger partial charge >= 0.3 is 11.7 Å². The SMILES string of the molecule is COc1ccc2c(c1)CCN(C1CCN(C(=O)Cn3cc(-c4cccc(F)c4Cl)c(=O)n(C(C)CNS(C)(=O)=O)c3=O)CC1)C(=O)N2. The number of methoxy groups -OCH3 is 1. The van der Waals surface area contributed by atoms with Crippen molar-refractivity contribution in [2.24, 2.45) is 0 Å². The number of benzene rings is 2. The second-order valence-corrected chi connectivity index (χ2v) is 13.9. The summed E-state index contributed by atoms with van der Waals surface area (Å²) in [6.07, 6.45) is 3.80. The number of aromatic nitrogens is 2. The topological polar surface area (TPSA) is 152 Å². The molecule has 0 radical (unpaired) electrons. The molecular weight excluding hydrogens is 655 g/mol. The van der Waals surface area contributed by atoms with E-state index in [1.54, 1.807) is 23.0 Å². The van der Waals surface area contributed by atoms with Crippen LogP contribution in [0.15, 0.2) is 52.2 Å². The molecule has 16 heteroatoms. The summed E-state index contributed by atoms with van der Waals surface area (Å²) in [4.78, 5) is 57.1. The van der Waals surface area contributed by atoms with E-state index < -0.39 is 45.6 Å². The van der Waals surface area contributed by atoms with Crippen molar-refractivity contribution in [3.8, 4) is 16.9 Å². The minimum Gasteiger partial charge on any atom is -0.497 e.